The number of carbonyl (C=O) groups is 2. The molecule has 1 saturated carbocycles. The van der Waals surface area contributed by atoms with Gasteiger partial charge < -0.3 is 16.0 Å². The fourth-order valence-electron chi connectivity index (χ4n) is 3.37. The van der Waals surface area contributed by atoms with Gasteiger partial charge in [-0.25, -0.2) is 9.78 Å². The number of hydrogen-bond donors (Lipinski definition) is 3. The lowest BCUT2D eigenvalue weighted by atomic mass is 10.1. The minimum atomic E-state index is -0.682. The number of carbonyl (C=O) groups excluding carboxylic acids is 2. The van der Waals surface area contributed by atoms with Gasteiger partial charge in [0.05, 0.1) is 12.1 Å². The van der Waals surface area contributed by atoms with E-state index < -0.39 is 11.2 Å². The maximum absolute atomic E-state index is 13.3. The first-order valence-electron chi connectivity index (χ1n) is 11.4. The van der Waals surface area contributed by atoms with Crippen molar-refractivity contribution >= 4 is 39.8 Å². The van der Waals surface area contributed by atoms with Gasteiger partial charge in [0.15, 0.2) is 10.8 Å². The molecule has 0 aromatic carbocycles. The van der Waals surface area contributed by atoms with Crippen LogP contribution in [-0.2, 0) is 22.6 Å². The summed E-state index contributed by atoms with van der Waals surface area (Å²) in [5.74, 6) is -0.0583. The van der Waals surface area contributed by atoms with Crippen molar-refractivity contribution in [2.24, 2.45) is 11.8 Å². The van der Waals surface area contributed by atoms with Crippen molar-refractivity contribution < 1.29 is 9.59 Å². The molecule has 10 nitrogen and oxygen atoms in total. The van der Waals surface area contributed by atoms with Crippen molar-refractivity contribution in [1.29, 1.82) is 0 Å². The summed E-state index contributed by atoms with van der Waals surface area (Å²) in [6.07, 6.45) is 3.94. The summed E-state index contributed by atoms with van der Waals surface area (Å²) >= 11 is 1.26. The van der Waals surface area contributed by atoms with Crippen LogP contribution < -0.4 is 27.2 Å². The van der Waals surface area contributed by atoms with Crippen molar-refractivity contribution in [3.63, 3.8) is 0 Å². The number of amides is 2. The van der Waals surface area contributed by atoms with Crippen molar-refractivity contribution in [3.05, 3.63) is 31.9 Å². The number of rotatable bonds is 11. The molecule has 0 saturated heterocycles. The van der Waals surface area contributed by atoms with Crippen LogP contribution >= 0.6 is 11.3 Å². The Labute approximate surface area is 196 Å². The van der Waals surface area contributed by atoms with Crippen LogP contribution in [0.15, 0.2) is 15.0 Å². The monoisotopic (exact) mass is 476 g/mol. The molecule has 0 spiro atoms. The summed E-state index contributed by atoms with van der Waals surface area (Å²) in [4.78, 5) is 58.3. The predicted octanol–water partition coefficient (Wildman–Crippen LogP) is 2.35. The van der Waals surface area contributed by atoms with Crippen LogP contribution in [-0.4, -0.2) is 32.9 Å². The molecule has 2 aromatic rings. The van der Waals surface area contributed by atoms with Crippen LogP contribution in [0.2, 0.25) is 0 Å². The van der Waals surface area contributed by atoms with Crippen molar-refractivity contribution in [1.82, 2.24) is 14.5 Å². The van der Waals surface area contributed by atoms with Gasteiger partial charge in [-0.05, 0) is 31.6 Å². The number of H-pyrrole nitrogens is 1. The number of nitrogens with one attached hydrogen (secondary N) is 2. The van der Waals surface area contributed by atoms with Gasteiger partial charge in [0, 0.05) is 24.4 Å². The molecular weight excluding hydrogens is 444 g/mol. The quantitative estimate of drug-likeness (QED) is 0.454. The molecule has 1 fully saturated rings. The molecule has 2 heterocycles. The third-order valence-corrected chi connectivity index (χ3v) is 6.32. The highest BCUT2D eigenvalue weighted by Crippen LogP contribution is 2.30. The Kier molecular flexibility index (Phi) is 8.06. The summed E-state index contributed by atoms with van der Waals surface area (Å²) in [5.41, 5.74) is 5.48. The van der Waals surface area contributed by atoms with Gasteiger partial charge in [-0.3, -0.25) is 23.9 Å². The fourth-order valence-corrected chi connectivity index (χ4v) is 4.09. The summed E-state index contributed by atoms with van der Waals surface area (Å²) < 4.78 is 1.31. The second kappa shape index (κ2) is 10.8. The highest BCUT2D eigenvalue weighted by atomic mass is 32.1. The summed E-state index contributed by atoms with van der Waals surface area (Å²) in [7, 11) is 0. The van der Waals surface area contributed by atoms with Crippen molar-refractivity contribution in [3.8, 4) is 0 Å². The van der Waals surface area contributed by atoms with Crippen molar-refractivity contribution in [2.75, 3.05) is 22.5 Å². The smallest absolute Gasteiger partial charge is 0.330 e. The predicted molar refractivity (Wildman–Crippen MR) is 130 cm³/mol. The molecule has 180 valence electrons. The van der Waals surface area contributed by atoms with E-state index in [2.05, 4.69) is 15.3 Å². The van der Waals surface area contributed by atoms with Crippen LogP contribution in [0.3, 0.4) is 0 Å². The third kappa shape index (κ3) is 6.31. The van der Waals surface area contributed by atoms with Gasteiger partial charge in [0.1, 0.15) is 5.82 Å². The van der Waals surface area contributed by atoms with Gasteiger partial charge in [-0.2, -0.15) is 0 Å². The number of anilines is 3. The molecule has 4 N–H and O–H groups in total. The topological polar surface area (TPSA) is 143 Å². The number of hydrogen-bond acceptors (Lipinski definition) is 7. The zero-order valence-electron chi connectivity index (χ0n) is 19.3. The molecule has 2 amide bonds. The Morgan fingerprint density at radius 1 is 1.36 bits per heavy atom. The molecule has 2 aromatic heterocycles. The fraction of sp³-hybridized carbons (Fsp3) is 0.591. The second-order valence-electron chi connectivity index (χ2n) is 8.81. The van der Waals surface area contributed by atoms with E-state index in [1.54, 1.807) is 5.38 Å². The molecule has 11 heteroatoms. The van der Waals surface area contributed by atoms with Gasteiger partial charge in [0.25, 0.3) is 5.56 Å². The number of unbranched alkanes of at least 4 members (excludes halogenated alkanes) is 1. The Hall–Kier alpha value is -2.95. The largest absolute Gasteiger partial charge is 0.383 e. The van der Waals surface area contributed by atoms with Gasteiger partial charge in [-0.1, -0.05) is 27.2 Å². The lowest BCUT2D eigenvalue weighted by Gasteiger charge is -2.25. The number of nitrogen functional groups attached to an aromatic ring is 1. The average Bonchev–Trinajstić information content (AvgIpc) is 3.51. The molecule has 3 rings (SSSR count). The zero-order valence-corrected chi connectivity index (χ0v) is 20.2. The number of nitrogens with two attached hydrogens (primary N) is 1. The molecule has 1 aliphatic carbocycles. The maximum Gasteiger partial charge on any atom is 0.330 e. The molecule has 33 heavy (non-hydrogen) atoms. The van der Waals surface area contributed by atoms with Gasteiger partial charge >= 0.3 is 5.69 Å². The molecule has 0 unspecified atom stereocenters. The second-order valence-corrected chi connectivity index (χ2v) is 9.67. The minimum absolute atomic E-state index is 0.00570. The molecule has 1 aliphatic rings. The van der Waals surface area contributed by atoms with E-state index in [0.29, 0.717) is 30.2 Å². The maximum atomic E-state index is 13.3. The summed E-state index contributed by atoms with van der Waals surface area (Å²) in [6, 6.07) is 0. The molecule has 0 bridgehead atoms. The van der Waals surface area contributed by atoms with E-state index in [4.69, 9.17) is 5.73 Å². The van der Waals surface area contributed by atoms with E-state index in [-0.39, 0.29) is 48.1 Å². The Balaban J connectivity index is 1.86. The lowest BCUT2D eigenvalue weighted by Crippen LogP contribution is -2.42. The van der Waals surface area contributed by atoms with Crippen LogP contribution in [0.1, 0.15) is 58.6 Å². The number of aromatic amines is 1. The standard InChI is InChI=1S/C22H32N6O4S/c1-4-5-9-28-18(23)17(20(31)26-22(28)32)27(10-8-13(2)3)16(29)11-15-12-33-21(24-15)25-19(30)14-6-7-14/h12-14H,4-11,23H2,1-3H3,(H,24,25,30)(H,26,31,32). The van der Waals surface area contributed by atoms with E-state index in [9.17, 15) is 19.2 Å². The number of aromatic nitrogens is 3. The van der Waals surface area contributed by atoms with E-state index >= 15 is 0 Å². The molecule has 0 aliphatic heterocycles. The normalized spacial score (nSPS) is 13.3. The first kappa shape index (κ1) is 24.7. The van der Waals surface area contributed by atoms with Gasteiger partial charge in [0.2, 0.25) is 11.8 Å². The Bertz CT molecular complexity index is 1110. The molecular formula is C22H32N6O4S. The highest BCUT2D eigenvalue weighted by Gasteiger charge is 2.30. The van der Waals surface area contributed by atoms with E-state index in [1.807, 2.05) is 20.8 Å². The number of thiazole rings is 1. The first-order valence-corrected chi connectivity index (χ1v) is 12.3. The Morgan fingerprint density at radius 3 is 2.73 bits per heavy atom. The van der Waals surface area contributed by atoms with Crippen LogP contribution in [0, 0.1) is 11.8 Å². The lowest BCUT2D eigenvalue weighted by molar-refractivity contribution is -0.118. The minimum Gasteiger partial charge on any atom is -0.383 e. The van der Waals surface area contributed by atoms with Gasteiger partial charge in [-0.15, -0.1) is 11.3 Å². The van der Waals surface area contributed by atoms with E-state index in [0.717, 1.165) is 19.3 Å². The summed E-state index contributed by atoms with van der Waals surface area (Å²) in [6.45, 7) is 6.67. The van der Waals surface area contributed by atoms with Crippen molar-refractivity contribution in [2.45, 2.75) is 65.8 Å². The van der Waals surface area contributed by atoms with Crippen LogP contribution in [0.4, 0.5) is 16.6 Å². The third-order valence-electron chi connectivity index (χ3n) is 5.51. The molecule has 0 radical (unpaired) electrons. The zero-order chi connectivity index (χ0) is 24.1. The first-order chi connectivity index (χ1) is 15.7. The van der Waals surface area contributed by atoms with Crippen LogP contribution in [0.25, 0.3) is 0 Å². The summed E-state index contributed by atoms with van der Waals surface area (Å²) in [5, 5.41) is 4.95. The van der Waals surface area contributed by atoms with Crippen LogP contribution in [0.5, 0.6) is 0 Å². The van der Waals surface area contributed by atoms with E-state index in [1.165, 1.54) is 20.8 Å². The average molecular weight is 477 g/mol. The SMILES string of the molecule is CCCCn1c(N)c(N(CCC(C)C)C(=O)Cc2csc(NC(=O)C3CC3)n2)c(=O)[nH]c1=O. The molecule has 0 atom stereocenters. The highest BCUT2D eigenvalue weighted by molar-refractivity contribution is 7.13. The number of nitrogens with zero attached hydrogens (tertiary/aromatic N) is 3. The Morgan fingerprint density at radius 2 is 2.09 bits per heavy atom.